The number of carbonyl (C=O) groups excluding carboxylic acids is 1. The maximum atomic E-state index is 12.3. The van der Waals surface area contributed by atoms with Gasteiger partial charge in [0.2, 0.25) is 0 Å². The van der Waals surface area contributed by atoms with Gasteiger partial charge in [-0.05, 0) is 68.6 Å². The number of para-hydroxylation sites is 1. The van der Waals surface area contributed by atoms with Crippen LogP contribution in [0.1, 0.15) is 50.5 Å². The summed E-state index contributed by atoms with van der Waals surface area (Å²) in [5, 5.41) is 1.27. The molecule has 0 spiro atoms. The molecule has 0 aliphatic heterocycles. The molecule has 0 N–H and O–H groups in total. The molecule has 1 aromatic carbocycles. The van der Waals surface area contributed by atoms with Gasteiger partial charge in [-0.1, -0.05) is 24.3 Å². The Morgan fingerprint density at radius 2 is 2.04 bits per heavy atom. The van der Waals surface area contributed by atoms with Crippen LogP contribution in [0.3, 0.4) is 0 Å². The molecule has 3 heteroatoms. The zero-order valence-corrected chi connectivity index (χ0v) is 15.0. The van der Waals surface area contributed by atoms with Gasteiger partial charge in [-0.3, -0.25) is 9.78 Å². The summed E-state index contributed by atoms with van der Waals surface area (Å²) in [6, 6.07) is 10.5. The first-order chi connectivity index (χ1) is 12.2. The van der Waals surface area contributed by atoms with Crippen LogP contribution in [0.4, 0.5) is 0 Å². The number of esters is 1. The summed E-state index contributed by atoms with van der Waals surface area (Å²) < 4.78 is 5.28. The molecule has 1 atom stereocenters. The van der Waals surface area contributed by atoms with E-state index in [2.05, 4.69) is 35.8 Å². The second-order valence-electron chi connectivity index (χ2n) is 6.91. The van der Waals surface area contributed by atoms with E-state index in [1.807, 2.05) is 25.3 Å². The van der Waals surface area contributed by atoms with E-state index in [1.165, 1.54) is 10.9 Å². The maximum absolute atomic E-state index is 12.3. The van der Waals surface area contributed by atoms with Gasteiger partial charge in [-0.2, -0.15) is 0 Å². The number of pyridine rings is 1. The van der Waals surface area contributed by atoms with Gasteiger partial charge >= 0.3 is 5.97 Å². The Hall–Kier alpha value is -2.16. The number of carbonyl (C=O) groups is 1. The Balaban J connectivity index is 1.72. The molecule has 132 valence electrons. The molecule has 0 saturated heterocycles. The van der Waals surface area contributed by atoms with Crippen molar-refractivity contribution in [2.24, 2.45) is 11.8 Å². The molecular formula is C22H27NO2. The highest BCUT2D eigenvalue weighted by Crippen LogP contribution is 2.41. The molecule has 3 rings (SSSR count). The average molecular weight is 337 g/mol. The van der Waals surface area contributed by atoms with Crippen molar-refractivity contribution in [1.82, 2.24) is 4.98 Å². The van der Waals surface area contributed by atoms with Gasteiger partial charge in [0.15, 0.2) is 0 Å². The van der Waals surface area contributed by atoms with Crippen molar-refractivity contribution >= 4 is 16.9 Å². The third-order valence-electron chi connectivity index (χ3n) is 5.47. The second-order valence-corrected chi connectivity index (χ2v) is 6.91. The van der Waals surface area contributed by atoms with Crippen LogP contribution in [0.25, 0.3) is 10.9 Å². The van der Waals surface area contributed by atoms with E-state index < -0.39 is 0 Å². The Morgan fingerprint density at radius 1 is 1.28 bits per heavy atom. The number of fused-ring (bicyclic) bond motifs is 1. The molecule has 3 nitrogen and oxygen atoms in total. The van der Waals surface area contributed by atoms with Gasteiger partial charge in [0.1, 0.15) is 0 Å². The zero-order chi connectivity index (χ0) is 17.6. The lowest BCUT2D eigenvalue weighted by atomic mass is 9.72. The van der Waals surface area contributed by atoms with E-state index in [0.29, 0.717) is 24.9 Å². The minimum absolute atomic E-state index is 0.0346. The first-order valence-electron chi connectivity index (χ1n) is 9.35. The zero-order valence-electron chi connectivity index (χ0n) is 15.0. The lowest BCUT2D eigenvalue weighted by molar-refractivity contribution is -0.150. The molecule has 0 radical (unpaired) electrons. The maximum Gasteiger partial charge on any atom is 0.309 e. The van der Waals surface area contributed by atoms with Crippen molar-refractivity contribution in [1.29, 1.82) is 0 Å². The summed E-state index contributed by atoms with van der Waals surface area (Å²) in [5.74, 6) is 0.866. The molecule has 0 amide bonds. The summed E-state index contributed by atoms with van der Waals surface area (Å²) in [7, 11) is 0. The Morgan fingerprint density at radius 3 is 2.76 bits per heavy atom. The van der Waals surface area contributed by atoms with Gasteiger partial charge in [0.25, 0.3) is 0 Å². The number of hydrogen-bond acceptors (Lipinski definition) is 3. The SMILES string of the molecule is C=CCC(C(=O)OCC)C1CCC(c2ccnc3ccccc23)CC1. The van der Waals surface area contributed by atoms with E-state index >= 15 is 0 Å². The molecule has 1 unspecified atom stereocenters. The van der Waals surface area contributed by atoms with E-state index in [-0.39, 0.29) is 11.9 Å². The highest BCUT2D eigenvalue weighted by Gasteiger charge is 2.32. The van der Waals surface area contributed by atoms with Crippen molar-refractivity contribution in [3.8, 4) is 0 Å². The number of allylic oxidation sites excluding steroid dienone is 1. The molecule has 1 heterocycles. The van der Waals surface area contributed by atoms with Crippen LogP contribution in [0.2, 0.25) is 0 Å². The highest BCUT2D eigenvalue weighted by molar-refractivity contribution is 5.82. The number of benzene rings is 1. The molecule has 1 aromatic heterocycles. The van der Waals surface area contributed by atoms with Crippen LogP contribution in [-0.4, -0.2) is 17.6 Å². The molecule has 2 aromatic rings. The Kier molecular flexibility index (Phi) is 5.85. The number of hydrogen-bond donors (Lipinski definition) is 0. The Labute approximate surface area is 150 Å². The van der Waals surface area contributed by atoms with E-state index in [0.717, 1.165) is 31.2 Å². The van der Waals surface area contributed by atoms with Crippen LogP contribution in [0.15, 0.2) is 49.2 Å². The number of nitrogens with zero attached hydrogens (tertiary/aromatic N) is 1. The van der Waals surface area contributed by atoms with Crippen LogP contribution in [-0.2, 0) is 9.53 Å². The van der Waals surface area contributed by atoms with E-state index in [1.54, 1.807) is 0 Å². The quantitative estimate of drug-likeness (QED) is 0.533. The first-order valence-corrected chi connectivity index (χ1v) is 9.35. The second kappa shape index (κ2) is 8.28. The third-order valence-corrected chi connectivity index (χ3v) is 5.47. The molecular weight excluding hydrogens is 310 g/mol. The number of rotatable bonds is 6. The fourth-order valence-corrected chi connectivity index (χ4v) is 4.22. The largest absolute Gasteiger partial charge is 0.466 e. The molecule has 25 heavy (non-hydrogen) atoms. The monoisotopic (exact) mass is 337 g/mol. The van der Waals surface area contributed by atoms with Gasteiger partial charge in [-0.15, -0.1) is 6.58 Å². The van der Waals surface area contributed by atoms with Crippen molar-refractivity contribution < 1.29 is 9.53 Å². The van der Waals surface area contributed by atoms with Gasteiger partial charge in [-0.25, -0.2) is 0 Å². The minimum atomic E-state index is -0.0554. The standard InChI is InChI=1S/C22H27NO2/c1-3-7-19(22(24)25-4-2)17-12-10-16(11-13-17)18-14-15-23-21-9-6-5-8-20(18)21/h3,5-6,8-9,14-17,19H,1,4,7,10-13H2,2H3. The van der Waals surface area contributed by atoms with Crippen LogP contribution in [0, 0.1) is 11.8 Å². The fraction of sp³-hybridized carbons (Fsp3) is 0.455. The summed E-state index contributed by atoms with van der Waals surface area (Å²) in [6.07, 6.45) is 8.86. The van der Waals surface area contributed by atoms with Crippen molar-refractivity contribution in [2.75, 3.05) is 6.61 Å². The number of aromatic nitrogens is 1. The molecule has 0 bridgehead atoms. The smallest absolute Gasteiger partial charge is 0.309 e. The molecule has 1 aliphatic rings. The summed E-state index contributed by atoms with van der Waals surface area (Å²) in [6.45, 7) is 6.14. The minimum Gasteiger partial charge on any atom is -0.466 e. The summed E-state index contributed by atoms with van der Waals surface area (Å²) >= 11 is 0. The van der Waals surface area contributed by atoms with Crippen LogP contribution in [0.5, 0.6) is 0 Å². The fourth-order valence-electron chi connectivity index (χ4n) is 4.22. The van der Waals surface area contributed by atoms with E-state index in [4.69, 9.17) is 4.74 Å². The molecule has 1 aliphatic carbocycles. The van der Waals surface area contributed by atoms with Gasteiger partial charge in [0, 0.05) is 11.6 Å². The van der Waals surface area contributed by atoms with Gasteiger partial charge < -0.3 is 4.74 Å². The predicted molar refractivity (Wildman–Crippen MR) is 101 cm³/mol. The normalized spacial score (nSPS) is 21.6. The lowest BCUT2D eigenvalue weighted by Crippen LogP contribution is -2.28. The molecule has 1 fully saturated rings. The Bertz CT molecular complexity index is 726. The van der Waals surface area contributed by atoms with Crippen molar-refractivity contribution in [3.05, 3.63) is 54.7 Å². The molecule has 1 saturated carbocycles. The van der Waals surface area contributed by atoms with Crippen LogP contribution < -0.4 is 0 Å². The first kappa shape index (κ1) is 17.7. The summed E-state index contributed by atoms with van der Waals surface area (Å²) in [4.78, 5) is 16.8. The van der Waals surface area contributed by atoms with E-state index in [9.17, 15) is 4.79 Å². The van der Waals surface area contributed by atoms with Gasteiger partial charge in [0.05, 0.1) is 18.0 Å². The summed E-state index contributed by atoms with van der Waals surface area (Å²) in [5.41, 5.74) is 2.47. The number of ether oxygens (including phenoxy) is 1. The average Bonchev–Trinajstić information content (AvgIpc) is 2.66. The van der Waals surface area contributed by atoms with Crippen molar-refractivity contribution in [2.45, 2.75) is 44.9 Å². The topological polar surface area (TPSA) is 39.2 Å². The van der Waals surface area contributed by atoms with Crippen LogP contribution >= 0.6 is 0 Å². The predicted octanol–water partition coefficient (Wildman–Crippen LogP) is 5.26. The highest BCUT2D eigenvalue weighted by atomic mass is 16.5. The lowest BCUT2D eigenvalue weighted by Gasteiger charge is -2.33. The van der Waals surface area contributed by atoms with Crippen molar-refractivity contribution in [3.63, 3.8) is 0 Å². The third kappa shape index (κ3) is 3.92.